The molecule has 30 heavy (non-hydrogen) atoms. The minimum atomic E-state index is -2.52. The van der Waals surface area contributed by atoms with E-state index in [9.17, 15) is 39.9 Å². The largest absolute Gasteiger partial charge is 0.504 e. The highest BCUT2D eigenvalue weighted by Crippen LogP contribution is 2.26. The van der Waals surface area contributed by atoms with Gasteiger partial charge in [-0.3, -0.25) is 9.59 Å². The third-order valence-corrected chi connectivity index (χ3v) is 4.16. The Bertz CT molecular complexity index is 1060. The molecule has 2 aromatic rings. The van der Waals surface area contributed by atoms with Gasteiger partial charge in [0.1, 0.15) is 0 Å². The number of phenolic OH excluding ortho intramolecular Hbond substituents is 4. The van der Waals surface area contributed by atoms with Crippen LogP contribution in [0, 0.1) is 0 Å². The van der Waals surface area contributed by atoms with Crippen molar-refractivity contribution in [3.8, 4) is 23.0 Å². The van der Waals surface area contributed by atoms with E-state index in [0.717, 1.165) is 18.2 Å². The number of carbonyl (C=O) groups is 3. The number of aliphatic carboxylic acids is 1. The number of phenols is 4. The maximum absolute atomic E-state index is 12.4. The second-order valence-electron chi connectivity index (χ2n) is 6.45. The molecule has 0 heterocycles. The summed E-state index contributed by atoms with van der Waals surface area (Å²) in [5.41, 5.74) is 3.83. The Labute approximate surface area is 170 Å². The molecule has 0 aliphatic carbocycles. The number of carboxylic acid groups (broad SMARTS) is 1. The van der Waals surface area contributed by atoms with Gasteiger partial charge in [0.05, 0.1) is 0 Å². The van der Waals surface area contributed by atoms with Crippen LogP contribution in [-0.4, -0.2) is 48.6 Å². The predicted octanol–water partition coefficient (Wildman–Crippen LogP) is 1.55. The van der Waals surface area contributed by atoms with E-state index in [0.29, 0.717) is 11.1 Å². The van der Waals surface area contributed by atoms with Crippen LogP contribution in [0.1, 0.15) is 17.5 Å². The molecule has 0 saturated carbocycles. The molecule has 0 aliphatic rings. The van der Waals surface area contributed by atoms with Crippen molar-refractivity contribution in [3.05, 3.63) is 59.7 Å². The summed E-state index contributed by atoms with van der Waals surface area (Å²) in [6, 6.07) is 7.51. The average Bonchev–Trinajstić information content (AvgIpc) is 2.69. The molecule has 156 valence electrons. The molecule has 0 radical (unpaired) electrons. The van der Waals surface area contributed by atoms with Crippen LogP contribution in [0.15, 0.2) is 48.6 Å². The molecule has 9 heteroatoms. The fraction of sp³-hybridized carbons (Fsp3) is 0.0952. The summed E-state index contributed by atoms with van der Waals surface area (Å²) in [4.78, 5) is 36.1. The molecular formula is C21H19NO8. The van der Waals surface area contributed by atoms with Crippen molar-refractivity contribution in [3.63, 3.8) is 0 Å². The van der Waals surface area contributed by atoms with E-state index in [4.69, 9.17) is 5.73 Å². The second kappa shape index (κ2) is 8.93. The van der Waals surface area contributed by atoms with Gasteiger partial charge in [0, 0.05) is 6.42 Å². The number of hydrogen-bond acceptors (Lipinski definition) is 8. The second-order valence-corrected chi connectivity index (χ2v) is 6.45. The highest BCUT2D eigenvalue weighted by atomic mass is 16.4. The molecular weight excluding hydrogens is 394 g/mol. The van der Waals surface area contributed by atoms with Crippen molar-refractivity contribution in [2.45, 2.75) is 12.0 Å². The van der Waals surface area contributed by atoms with Gasteiger partial charge < -0.3 is 31.3 Å². The first kappa shape index (κ1) is 22.2. The Kier molecular flexibility index (Phi) is 6.60. The van der Waals surface area contributed by atoms with Crippen molar-refractivity contribution in [2.24, 2.45) is 5.73 Å². The number of hydrogen-bond donors (Lipinski definition) is 6. The lowest BCUT2D eigenvalue weighted by Crippen LogP contribution is -2.55. The van der Waals surface area contributed by atoms with E-state index in [2.05, 4.69) is 0 Å². The van der Waals surface area contributed by atoms with Crippen molar-refractivity contribution < 1.29 is 39.9 Å². The van der Waals surface area contributed by atoms with Gasteiger partial charge in [-0.2, -0.15) is 0 Å². The zero-order valence-electron chi connectivity index (χ0n) is 15.5. The molecule has 0 aliphatic heterocycles. The molecule has 0 spiro atoms. The SMILES string of the molecule is NC(CC(=O)C=Cc1ccc(O)c(O)c1)(C(=O)O)C(=O)C=Cc1ccc(O)c(O)c1. The molecule has 2 aromatic carbocycles. The van der Waals surface area contributed by atoms with Gasteiger partial charge >= 0.3 is 5.97 Å². The first-order valence-corrected chi connectivity index (χ1v) is 8.52. The molecule has 0 saturated heterocycles. The number of carbonyl (C=O) groups excluding carboxylic acids is 2. The smallest absolute Gasteiger partial charge is 0.332 e. The standard InChI is InChI=1S/C21H19NO8/c22-21(20(29)30,19(28)8-4-13-3-7-16(25)18(27)10-13)11-14(23)5-1-12-2-6-15(24)17(26)9-12/h1-10,24-27H,11,22H2,(H,29,30). The molecule has 7 N–H and O–H groups in total. The summed E-state index contributed by atoms with van der Waals surface area (Å²) in [6.45, 7) is 0. The normalized spacial score (nSPS) is 13.4. The lowest BCUT2D eigenvalue weighted by molar-refractivity contribution is -0.148. The Morgan fingerprint density at radius 3 is 1.70 bits per heavy atom. The zero-order chi connectivity index (χ0) is 22.5. The summed E-state index contributed by atoms with van der Waals surface area (Å²) >= 11 is 0. The van der Waals surface area contributed by atoms with Gasteiger partial charge in [-0.15, -0.1) is 0 Å². The fourth-order valence-corrected chi connectivity index (χ4v) is 2.40. The first-order valence-electron chi connectivity index (χ1n) is 8.52. The van der Waals surface area contributed by atoms with E-state index in [1.54, 1.807) is 0 Å². The van der Waals surface area contributed by atoms with Crippen LogP contribution in [0.4, 0.5) is 0 Å². The van der Waals surface area contributed by atoms with E-state index < -0.39 is 41.0 Å². The Morgan fingerprint density at radius 1 is 0.800 bits per heavy atom. The van der Waals surface area contributed by atoms with E-state index in [1.165, 1.54) is 42.5 Å². The van der Waals surface area contributed by atoms with Crippen molar-refractivity contribution in [1.82, 2.24) is 0 Å². The molecule has 0 fully saturated rings. The molecule has 0 bridgehead atoms. The highest BCUT2D eigenvalue weighted by molar-refractivity contribution is 6.17. The van der Waals surface area contributed by atoms with Crippen LogP contribution < -0.4 is 5.73 Å². The van der Waals surface area contributed by atoms with E-state index in [-0.39, 0.29) is 11.5 Å². The van der Waals surface area contributed by atoms with E-state index in [1.807, 2.05) is 0 Å². The number of rotatable bonds is 8. The number of allylic oxidation sites excluding steroid dienone is 1. The number of aromatic hydroxyl groups is 4. The molecule has 1 atom stereocenters. The van der Waals surface area contributed by atoms with Crippen LogP contribution in [0.3, 0.4) is 0 Å². The van der Waals surface area contributed by atoms with Gasteiger partial charge in [-0.25, -0.2) is 4.79 Å². The summed E-state index contributed by atoms with van der Waals surface area (Å²) in [6.07, 6.45) is 3.50. The van der Waals surface area contributed by atoms with Gasteiger partial charge in [0.2, 0.25) is 0 Å². The molecule has 0 amide bonds. The van der Waals surface area contributed by atoms with Crippen molar-refractivity contribution in [1.29, 1.82) is 0 Å². The minimum Gasteiger partial charge on any atom is -0.504 e. The number of carboxylic acids is 1. The van der Waals surface area contributed by atoms with Gasteiger partial charge in [0.15, 0.2) is 40.1 Å². The van der Waals surface area contributed by atoms with Crippen LogP contribution in [0.5, 0.6) is 23.0 Å². The van der Waals surface area contributed by atoms with Crippen LogP contribution >= 0.6 is 0 Å². The number of benzene rings is 2. The zero-order valence-corrected chi connectivity index (χ0v) is 15.5. The van der Waals surface area contributed by atoms with Crippen LogP contribution in [0.25, 0.3) is 12.2 Å². The third-order valence-electron chi connectivity index (χ3n) is 4.16. The molecule has 0 aromatic heterocycles. The summed E-state index contributed by atoms with van der Waals surface area (Å²) in [7, 11) is 0. The lowest BCUT2D eigenvalue weighted by atomic mass is 9.88. The quantitative estimate of drug-likeness (QED) is 0.213. The number of nitrogens with two attached hydrogens (primary N) is 1. The fourth-order valence-electron chi connectivity index (χ4n) is 2.40. The molecule has 9 nitrogen and oxygen atoms in total. The summed E-state index contributed by atoms with van der Waals surface area (Å²) < 4.78 is 0. The maximum Gasteiger partial charge on any atom is 0.332 e. The molecule has 2 rings (SSSR count). The van der Waals surface area contributed by atoms with Gasteiger partial charge in [-0.05, 0) is 47.5 Å². The minimum absolute atomic E-state index is 0.296. The maximum atomic E-state index is 12.4. The molecule has 1 unspecified atom stereocenters. The Balaban J connectivity index is 2.16. The Hall–Kier alpha value is -4.11. The lowest BCUT2D eigenvalue weighted by Gasteiger charge is -2.20. The summed E-state index contributed by atoms with van der Waals surface area (Å²) in [5, 5.41) is 46.8. The monoisotopic (exact) mass is 413 g/mol. The van der Waals surface area contributed by atoms with Crippen LogP contribution in [-0.2, 0) is 14.4 Å². The van der Waals surface area contributed by atoms with Gasteiger partial charge in [-0.1, -0.05) is 24.3 Å². The summed E-state index contributed by atoms with van der Waals surface area (Å²) in [5.74, 6) is -5.04. The van der Waals surface area contributed by atoms with Crippen LogP contribution in [0.2, 0.25) is 0 Å². The highest BCUT2D eigenvalue weighted by Gasteiger charge is 2.42. The first-order chi connectivity index (χ1) is 14.0. The topological polar surface area (TPSA) is 178 Å². The average molecular weight is 413 g/mol. The van der Waals surface area contributed by atoms with E-state index >= 15 is 0 Å². The van der Waals surface area contributed by atoms with Crippen molar-refractivity contribution in [2.75, 3.05) is 0 Å². The Morgan fingerprint density at radius 2 is 1.27 bits per heavy atom. The third kappa shape index (κ3) is 5.24. The predicted molar refractivity (Wildman–Crippen MR) is 107 cm³/mol. The van der Waals surface area contributed by atoms with Gasteiger partial charge in [0.25, 0.3) is 0 Å². The number of ketones is 2. The van der Waals surface area contributed by atoms with Crippen molar-refractivity contribution >= 4 is 29.7 Å².